The molecule has 0 bridgehead atoms. The average Bonchev–Trinajstić information content (AvgIpc) is 2.43. The van der Waals surface area contributed by atoms with E-state index in [0.29, 0.717) is 28.5 Å². The molecule has 0 saturated heterocycles. The first-order valence-corrected chi connectivity index (χ1v) is 7.37. The quantitative estimate of drug-likeness (QED) is 0.782. The van der Waals surface area contributed by atoms with Crippen LogP contribution in [0.5, 0.6) is 0 Å². The second kappa shape index (κ2) is 6.47. The van der Waals surface area contributed by atoms with Gasteiger partial charge in [0.05, 0.1) is 6.42 Å². The molecule has 0 heterocycles. The van der Waals surface area contributed by atoms with Gasteiger partial charge in [0.1, 0.15) is 6.07 Å². The minimum Gasteiger partial charge on any atom is -0.443 e. The summed E-state index contributed by atoms with van der Waals surface area (Å²) in [6, 6.07) is 7.13. The number of hydrogen-bond acceptors (Lipinski definition) is 3. The topological polar surface area (TPSA) is 50.1 Å². The van der Waals surface area contributed by atoms with Crippen LogP contribution in [0.4, 0.5) is 0 Å². The zero-order valence-corrected chi connectivity index (χ0v) is 12.5. The first kappa shape index (κ1) is 15.2. The fourth-order valence-electron chi connectivity index (χ4n) is 2.43. The first-order valence-electron chi connectivity index (χ1n) is 6.62. The number of carbonyl (C=O) groups is 1. The van der Waals surface area contributed by atoms with E-state index < -0.39 is 11.6 Å². The van der Waals surface area contributed by atoms with Gasteiger partial charge in [0.2, 0.25) is 0 Å². The number of hydrogen-bond donors (Lipinski definition) is 0. The fraction of sp³-hybridized carbons (Fsp3) is 0.467. The van der Waals surface area contributed by atoms with Crippen molar-refractivity contribution >= 4 is 29.2 Å². The summed E-state index contributed by atoms with van der Waals surface area (Å²) in [5.74, 6) is -0.419. The van der Waals surface area contributed by atoms with Gasteiger partial charge >= 0.3 is 5.97 Å². The molecule has 0 radical (unpaired) electrons. The normalized spacial score (nSPS) is 17.2. The molecule has 0 spiro atoms. The zero-order chi connectivity index (χ0) is 14.6. The third kappa shape index (κ3) is 3.65. The molecule has 5 heteroatoms. The van der Waals surface area contributed by atoms with Crippen molar-refractivity contribution in [1.82, 2.24) is 0 Å². The van der Waals surface area contributed by atoms with Crippen molar-refractivity contribution in [3.05, 3.63) is 33.8 Å². The van der Waals surface area contributed by atoms with Crippen LogP contribution in [-0.2, 0) is 16.0 Å². The third-order valence-corrected chi connectivity index (χ3v) is 4.11. The fourth-order valence-corrected chi connectivity index (χ4v) is 2.91. The van der Waals surface area contributed by atoms with Crippen LogP contribution in [-0.4, -0.2) is 11.6 Å². The Hall–Kier alpha value is -1.24. The lowest BCUT2D eigenvalue weighted by Crippen LogP contribution is -2.36. The zero-order valence-electron chi connectivity index (χ0n) is 11.0. The highest BCUT2D eigenvalue weighted by molar-refractivity contribution is 6.35. The third-order valence-electron chi connectivity index (χ3n) is 3.52. The van der Waals surface area contributed by atoms with Gasteiger partial charge in [-0.2, -0.15) is 5.26 Å². The highest BCUT2D eigenvalue weighted by Crippen LogP contribution is 2.31. The van der Waals surface area contributed by atoms with Gasteiger partial charge in [-0.25, -0.2) is 0 Å². The van der Waals surface area contributed by atoms with Crippen molar-refractivity contribution in [2.24, 2.45) is 0 Å². The number of nitriles is 1. The monoisotopic (exact) mass is 311 g/mol. The van der Waals surface area contributed by atoms with Gasteiger partial charge in [-0.05, 0) is 30.5 Å². The molecule has 1 saturated carbocycles. The van der Waals surface area contributed by atoms with Gasteiger partial charge in [0.25, 0.3) is 0 Å². The van der Waals surface area contributed by atoms with E-state index in [1.54, 1.807) is 18.2 Å². The summed E-state index contributed by atoms with van der Waals surface area (Å²) in [6.07, 6.45) is 4.21. The molecule has 1 aromatic rings. The Bertz CT molecular complexity index is 545. The summed E-state index contributed by atoms with van der Waals surface area (Å²) in [5.41, 5.74) is -0.293. The molecule has 20 heavy (non-hydrogen) atoms. The van der Waals surface area contributed by atoms with E-state index in [2.05, 4.69) is 6.07 Å². The Morgan fingerprint density at radius 3 is 2.60 bits per heavy atom. The van der Waals surface area contributed by atoms with E-state index in [1.165, 1.54) is 0 Å². The molecule has 3 nitrogen and oxygen atoms in total. The van der Waals surface area contributed by atoms with Crippen molar-refractivity contribution in [2.75, 3.05) is 0 Å². The summed E-state index contributed by atoms with van der Waals surface area (Å²) in [5, 5.41) is 10.2. The minimum absolute atomic E-state index is 0.0550. The maximum Gasteiger partial charge on any atom is 0.311 e. The van der Waals surface area contributed by atoms with Crippen LogP contribution in [0.2, 0.25) is 10.0 Å². The van der Waals surface area contributed by atoms with E-state index in [9.17, 15) is 10.1 Å². The summed E-state index contributed by atoms with van der Waals surface area (Å²) in [7, 11) is 0. The number of carbonyl (C=O) groups excluding carboxylic acids is 1. The maximum absolute atomic E-state index is 12.0. The van der Waals surface area contributed by atoms with Crippen LogP contribution in [0, 0.1) is 11.3 Å². The highest BCUT2D eigenvalue weighted by atomic mass is 35.5. The molecule has 0 unspecified atom stereocenters. The largest absolute Gasteiger partial charge is 0.443 e. The van der Waals surface area contributed by atoms with E-state index in [-0.39, 0.29) is 6.42 Å². The van der Waals surface area contributed by atoms with Gasteiger partial charge in [-0.3, -0.25) is 4.79 Å². The summed E-state index contributed by atoms with van der Waals surface area (Å²) in [4.78, 5) is 12.0. The molecule has 0 aromatic heterocycles. The molecular weight excluding hydrogens is 297 g/mol. The lowest BCUT2D eigenvalue weighted by atomic mass is 9.86. The van der Waals surface area contributed by atoms with Gasteiger partial charge in [0.15, 0.2) is 5.60 Å². The minimum atomic E-state index is -0.950. The van der Waals surface area contributed by atoms with Crippen molar-refractivity contribution in [1.29, 1.82) is 5.26 Å². The Morgan fingerprint density at radius 1 is 1.30 bits per heavy atom. The number of nitrogens with zero attached hydrogens (tertiary/aromatic N) is 1. The van der Waals surface area contributed by atoms with E-state index in [0.717, 1.165) is 19.3 Å². The summed E-state index contributed by atoms with van der Waals surface area (Å²) < 4.78 is 5.43. The lowest BCUT2D eigenvalue weighted by Gasteiger charge is -2.30. The lowest BCUT2D eigenvalue weighted by molar-refractivity contribution is -0.156. The average molecular weight is 312 g/mol. The molecule has 1 fully saturated rings. The molecule has 2 rings (SSSR count). The van der Waals surface area contributed by atoms with Gasteiger partial charge in [-0.1, -0.05) is 35.7 Å². The summed E-state index contributed by atoms with van der Waals surface area (Å²) >= 11 is 11.8. The number of halogens is 2. The SMILES string of the molecule is N#CC1(OC(=O)Cc2ccc(Cl)cc2Cl)CCCCC1. The van der Waals surface area contributed by atoms with Crippen LogP contribution in [0.1, 0.15) is 37.7 Å². The van der Waals surface area contributed by atoms with Crippen LogP contribution in [0.15, 0.2) is 18.2 Å². The van der Waals surface area contributed by atoms with Crippen molar-refractivity contribution in [3.63, 3.8) is 0 Å². The highest BCUT2D eigenvalue weighted by Gasteiger charge is 2.36. The first-order chi connectivity index (χ1) is 9.54. The van der Waals surface area contributed by atoms with Gasteiger partial charge < -0.3 is 4.74 Å². The number of benzene rings is 1. The molecule has 0 N–H and O–H groups in total. The van der Waals surface area contributed by atoms with E-state index in [1.807, 2.05) is 0 Å². The van der Waals surface area contributed by atoms with Crippen molar-refractivity contribution < 1.29 is 9.53 Å². The second-order valence-electron chi connectivity index (χ2n) is 5.05. The Labute approximate surface area is 128 Å². The van der Waals surface area contributed by atoms with Crippen LogP contribution < -0.4 is 0 Å². The van der Waals surface area contributed by atoms with Gasteiger partial charge in [-0.15, -0.1) is 0 Å². The maximum atomic E-state index is 12.0. The van der Waals surface area contributed by atoms with Crippen molar-refractivity contribution in [3.8, 4) is 6.07 Å². The van der Waals surface area contributed by atoms with Crippen LogP contribution >= 0.6 is 23.2 Å². The van der Waals surface area contributed by atoms with Gasteiger partial charge in [0, 0.05) is 22.9 Å². The Morgan fingerprint density at radius 2 is 2.00 bits per heavy atom. The molecule has 0 amide bonds. The van der Waals surface area contributed by atoms with E-state index >= 15 is 0 Å². The summed E-state index contributed by atoms with van der Waals surface area (Å²) in [6.45, 7) is 0. The predicted molar refractivity (Wildman–Crippen MR) is 77.7 cm³/mol. The van der Waals surface area contributed by atoms with Crippen molar-refractivity contribution in [2.45, 2.75) is 44.1 Å². The Kier molecular flexibility index (Phi) is 4.91. The molecule has 0 atom stereocenters. The molecule has 0 aliphatic heterocycles. The molecule has 1 aliphatic carbocycles. The standard InChI is InChI=1S/C15H15Cl2NO2/c16-12-5-4-11(13(17)9-12)8-14(19)20-15(10-18)6-2-1-3-7-15/h4-5,9H,1-3,6-8H2. The second-order valence-corrected chi connectivity index (χ2v) is 5.90. The molecule has 106 valence electrons. The Balaban J connectivity index is 2.03. The predicted octanol–water partition coefficient (Wildman–Crippen LogP) is 4.31. The van der Waals surface area contributed by atoms with Crippen LogP contribution in [0.3, 0.4) is 0 Å². The molecular formula is C15H15Cl2NO2. The van der Waals surface area contributed by atoms with E-state index in [4.69, 9.17) is 27.9 Å². The number of rotatable bonds is 3. The molecule has 1 aliphatic rings. The van der Waals surface area contributed by atoms with Crippen LogP contribution in [0.25, 0.3) is 0 Å². The molecule has 1 aromatic carbocycles. The number of ether oxygens (including phenoxy) is 1. The number of esters is 1. The smallest absolute Gasteiger partial charge is 0.311 e.